The standard InChI is InChI=1S/C21H26N2O2/c1-18-7-9-20(10-8-18)25-17-21(24)23-15-13-22(14-16-23)12-11-19-5-3-2-4-6-19/h2-10H,11-17H2,1H3. The fourth-order valence-electron chi connectivity index (χ4n) is 3.02. The highest BCUT2D eigenvalue weighted by Crippen LogP contribution is 2.12. The highest BCUT2D eigenvalue weighted by atomic mass is 16.5. The van der Waals surface area contributed by atoms with Crippen LogP contribution >= 0.6 is 0 Å². The number of carbonyl (C=O) groups excluding carboxylic acids is 1. The van der Waals surface area contributed by atoms with Crippen molar-refractivity contribution in [3.8, 4) is 5.75 Å². The number of carbonyl (C=O) groups is 1. The van der Waals surface area contributed by atoms with E-state index in [-0.39, 0.29) is 12.5 Å². The van der Waals surface area contributed by atoms with Crippen LogP contribution in [0, 0.1) is 6.92 Å². The maximum Gasteiger partial charge on any atom is 0.260 e. The van der Waals surface area contributed by atoms with E-state index >= 15 is 0 Å². The molecule has 1 saturated heterocycles. The van der Waals surface area contributed by atoms with Gasteiger partial charge in [0, 0.05) is 32.7 Å². The molecule has 0 aromatic heterocycles. The van der Waals surface area contributed by atoms with Crippen LogP contribution in [0.15, 0.2) is 54.6 Å². The second kappa shape index (κ2) is 8.67. The molecule has 0 saturated carbocycles. The van der Waals surface area contributed by atoms with E-state index < -0.39 is 0 Å². The van der Waals surface area contributed by atoms with Gasteiger partial charge in [-0.05, 0) is 31.0 Å². The first-order valence-electron chi connectivity index (χ1n) is 8.94. The van der Waals surface area contributed by atoms with Crippen molar-refractivity contribution < 1.29 is 9.53 Å². The molecule has 0 radical (unpaired) electrons. The van der Waals surface area contributed by atoms with Crippen LogP contribution in [0.3, 0.4) is 0 Å². The van der Waals surface area contributed by atoms with Gasteiger partial charge in [0.25, 0.3) is 5.91 Å². The van der Waals surface area contributed by atoms with Crippen LogP contribution in [0.2, 0.25) is 0 Å². The summed E-state index contributed by atoms with van der Waals surface area (Å²) in [5.74, 6) is 0.823. The lowest BCUT2D eigenvalue weighted by molar-refractivity contribution is -0.135. The zero-order valence-electron chi connectivity index (χ0n) is 14.9. The fraction of sp³-hybridized carbons (Fsp3) is 0.381. The number of amides is 1. The molecule has 25 heavy (non-hydrogen) atoms. The summed E-state index contributed by atoms with van der Waals surface area (Å²) in [5.41, 5.74) is 2.55. The highest BCUT2D eigenvalue weighted by molar-refractivity contribution is 5.77. The summed E-state index contributed by atoms with van der Waals surface area (Å²) in [6.45, 7) is 6.63. The van der Waals surface area contributed by atoms with Gasteiger partial charge in [-0.15, -0.1) is 0 Å². The number of aryl methyl sites for hydroxylation is 1. The van der Waals surface area contributed by atoms with Crippen LogP contribution in [0.25, 0.3) is 0 Å². The topological polar surface area (TPSA) is 32.8 Å². The number of hydrogen-bond acceptors (Lipinski definition) is 3. The average Bonchev–Trinajstić information content (AvgIpc) is 2.67. The zero-order valence-corrected chi connectivity index (χ0v) is 14.9. The molecule has 1 amide bonds. The molecule has 4 heteroatoms. The molecule has 1 aliphatic rings. The Morgan fingerprint density at radius 3 is 2.32 bits per heavy atom. The normalized spacial score (nSPS) is 15.2. The lowest BCUT2D eigenvalue weighted by atomic mass is 10.1. The third kappa shape index (κ3) is 5.33. The monoisotopic (exact) mass is 338 g/mol. The molecular formula is C21H26N2O2. The molecule has 1 aliphatic heterocycles. The fourth-order valence-corrected chi connectivity index (χ4v) is 3.02. The molecule has 0 spiro atoms. The van der Waals surface area contributed by atoms with Gasteiger partial charge < -0.3 is 9.64 Å². The van der Waals surface area contributed by atoms with Crippen LogP contribution in [-0.4, -0.2) is 55.0 Å². The molecule has 2 aromatic rings. The lowest BCUT2D eigenvalue weighted by Gasteiger charge is -2.34. The van der Waals surface area contributed by atoms with Gasteiger partial charge in [0.1, 0.15) is 5.75 Å². The quantitative estimate of drug-likeness (QED) is 0.812. The largest absolute Gasteiger partial charge is 0.484 e. The van der Waals surface area contributed by atoms with E-state index in [0.717, 1.165) is 44.9 Å². The Balaban J connectivity index is 1.38. The average molecular weight is 338 g/mol. The molecule has 2 aromatic carbocycles. The maximum absolute atomic E-state index is 12.3. The molecule has 1 fully saturated rings. The van der Waals surface area contributed by atoms with Crippen molar-refractivity contribution in [2.24, 2.45) is 0 Å². The van der Waals surface area contributed by atoms with Crippen molar-refractivity contribution >= 4 is 5.91 Å². The minimum absolute atomic E-state index is 0.0725. The first-order valence-corrected chi connectivity index (χ1v) is 8.94. The molecule has 0 N–H and O–H groups in total. The summed E-state index contributed by atoms with van der Waals surface area (Å²) < 4.78 is 5.60. The molecule has 0 aliphatic carbocycles. The van der Waals surface area contributed by atoms with E-state index in [9.17, 15) is 4.79 Å². The Kier molecular flexibility index (Phi) is 6.07. The number of hydrogen-bond donors (Lipinski definition) is 0. The number of ether oxygens (including phenoxy) is 1. The third-order valence-electron chi connectivity index (χ3n) is 4.67. The van der Waals surface area contributed by atoms with Gasteiger partial charge in [-0.2, -0.15) is 0 Å². The number of piperazine rings is 1. The summed E-state index contributed by atoms with van der Waals surface area (Å²) in [4.78, 5) is 16.6. The third-order valence-corrected chi connectivity index (χ3v) is 4.67. The van der Waals surface area contributed by atoms with E-state index in [1.807, 2.05) is 42.2 Å². The van der Waals surface area contributed by atoms with Crippen molar-refractivity contribution in [2.45, 2.75) is 13.3 Å². The van der Waals surface area contributed by atoms with Crippen molar-refractivity contribution in [3.63, 3.8) is 0 Å². The molecular weight excluding hydrogens is 312 g/mol. The minimum atomic E-state index is 0.0725. The summed E-state index contributed by atoms with van der Waals surface area (Å²) in [6.07, 6.45) is 1.06. The van der Waals surface area contributed by atoms with E-state index in [0.29, 0.717) is 0 Å². The Hall–Kier alpha value is -2.33. The Labute approximate surface area is 150 Å². The van der Waals surface area contributed by atoms with E-state index in [2.05, 4.69) is 29.2 Å². The van der Waals surface area contributed by atoms with Crippen molar-refractivity contribution in [2.75, 3.05) is 39.3 Å². The van der Waals surface area contributed by atoms with Crippen molar-refractivity contribution in [1.29, 1.82) is 0 Å². The maximum atomic E-state index is 12.3. The van der Waals surface area contributed by atoms with Gasteiger partial charge in [0.2, 0.25) is 0 Å². The second-order valence-corrected chi connectivity index (χ2v) is 6.56. The first kappa shape index (κ1) is 17.5. The van der Waals surface area contributed by atoms with E-state index in [4.69, 9.17) is 4.74 Å². The molecule has 0 bridgehead atoms. The van der Waals surface area contributed by atoms with Gasteiger partial charge in [-0.25, -0.2) is 0 Å². The van der Waals surface area contributed by atoms with Crippen LogP contribution < -0.4 is 4.74 Å². The molecule has 4 nitrogen and oxygen atoms in total. The van der Waals surface area contributed by atoms with Gasteiger partial charge in [-0.1, -0.05) is 48.0 Å². The van der Waals surface area contributed by atoms with Crippen molar-refractivity contribution in [1.82, 2.24) is 9.80 Å². The van der Waals surface area contributed by atoms with Gasteiger partial charge >= 0.3 is 0 Å². The predicted molar refractivity (Wildman–Crippen MR) is 99.8 cm³/mol. The molecule has 1 heterocycles. The Morgan fingerprint density at radius 2 is 1.64 bits per heavy atom. The summed E-state index contributed by atoms with van der Waals surface area (Å²) in [7, 11) is 0. The molecule has 3 rings (SSSR count). The SMILES string of the molecule is Cc1ccc(OCC(=O)N2CCN(CCc3ccccc3)CC2)cc1. The predicted octanol–water partition coefficient (Wildman–Crippen LogP) is 2.76. The zero-order chi connectivity index (χ0) is 17.5. The van der Waals surface area contributed by atoms with Gasteiger partial charge in [-0.3, -0.25) is 9.69 Å². The van der Waals surface area contributed by atoms with Crippen LogP contribution in [0.5, 0.6) is 5.75 Å². The second-order valence-electron chi connectivity index (χ2n) is 6.56. The first-order chi connectivity index (χ1) is 12.2. The molecule has 132 valence electrons. The van der Waals surface area contributed by atoms with Gasteiger partial charge in [0.05, 0.1) is 0 Å². The summed E-state index contributed by atoms with van der Waals surface area (Å²) >= 11 is 0. The number of benzene rings is 2. The lowest BCUT2D eigenvalue weighted by Crippen LogP contribution is -2.50. The van der Waals surface area contributed by atoms with Crippen molar-refractivity contribution in [3.05, 3.63) is 65.7 Å². The van der Waals surface area contributed by atoms with Crippen LogP contribution in [0.4, 0.5) is 0 Å². The van der Waals surface area contributed by atoms with E-state index in [1.54, 1.807) is 0 Å². The van der Waals surface area contributed by atoms with Gasteiger partial charge in [0.15, 0.2) is 6.61 Å². The summed E-state index contributed by atoms with van der Waals surface area (Å²) in [6, 6.07) is 18.3. The van der Waals surface area contributed by atoms with E-state index in [1.165, 1.54) is 11.1 Å². The van der Waals surface area contributed by atoms with Crippen LogP contribution in [0.1, 0.15) is 11.1 Å². The van der Waals surface area contributed by atoms with Crippen LogP contribution in [-0.2, 0) is 11.2 Å². The molecule has 0 unspecified atom stereocenters. The Bertz CT molecular complexity index is 662. The molecule has 0 atom stereocenters. The Morgan fingerprint density at radius 1 is 0.960 bits per heavy atom. The number of nitrogens with zero attached hydrogens (tertiary/aromatic N) is 2. The highest BCUT2D eigenvalue weighted by Gasteiger charge is 2.21. The summed E-state index contributed by atoms with van der Waals surface area (Å²) in [5, 5.41) is 0. The minimum Gasteiger partial charge on any atom is -0.484 e. The smallest absolute Gasteiger partial charge is 0.260 e. The number of rotatable bonds is 6.